The van der Waals surface area contributed by atoms with Crippen LogP contribution in [-0.2, 0) is 0 Å². The lowest BCUT2D eigenvalue weighted by atomic mass is 10.1. The molecule has 1 rings (SSSR count). The van der Waals surface area contributed by atoms with Crippen LogP contribution in [0.3, 0.4) is 0 Å². The van der Waals surface area contributed by atoms with Gasteiger partial charge in [0.15, 0.2) is 0 Å². The zero-order valence-electron chi connectivity index (χ0n) is 6.82. The zero-order valence-corrected chi connectivity index (χ0v) is 7.58. The smallest absolute Gasteiger partial charge is 0.277 e. The molecule has 1 aromatic carbocycles. The van der Waals surface area contributed by atoms with E-state index in [-0.39, 0.29) is 22.4 Å². The molecule has 5 heteroatoms. The van der Waals surface area contributed by atoms with Crippen LogP contribution in [-0.4, -0.2) is 10.0 Å². The van der Waals surface area contributed by atoms with Gasteiger partial charge in [0.1, 0.15) is 6.10 Å². The lowest BCUT2D eigenvalue weighted by Crippen LogP contribution is -2.00. The number of nitrogens with zero attached hydrogens (tertiary/aromatic N) is 1. The summed E-state index contributed by atoms with van der Waals surface area (Å²) in [4.78, 5) is 9.92. The van der Waals surface area contributed by atoms with E-state index in [0.29, 0.717) is 0 Å². The molecule has 0 aromatic heterocycles. The lowest BCUT2D eigenvalue weighted by molar-refractivity contribution is -0.385. The normalized spacial score (nSPS) is 10.5. The molecule has 0 amide bonds. The van der Waals surface area contributed by atoms with Crippen molar-refractivity contribution in [2.24, 2.45) is 0 Å². The number of nitro benzene ring substituents is 1. The molecule has 0 spiro atoms. The fourth-order valence-electron chi connectivity index (χ4n) is 1.02. The third-order valence-electron chi connectivity index (χ3n) is 1.55. The van der Waals surface area contributed by atoms with Crippen LogP contribution in [0.4, 0.5) is 5.69 Å². The first-order chi connectivity index (χ1) is 6.04. The SMILES string of the molecule is C[C](O)c1c(Cl)cccc1[N+](=O)[O-]. The van der Waals surface area contributed by atoms with E-state index in [0.717, 1.165) is 0 Å². The van der Waals surface area contributed by atoms with Crippen LogP contribution in [0.25, 0.3) is 0 Å². The van der Waals surface area contributed by atoms with E-state index in [2.05, 4.69) is 0 Å². The number of benzene rings is 1. The van der Waals surface area contributed by atoms with E-state index in [4.69, 9.17) is 16.7 Å². The summed E-state index contributed by atoms with van der Waals surface area (Å²) in [7, 11) is 0. The molecule has 0 fully saturated rings. The van der Waals surface area contributed by atoms with Gasteiger partial charge in [-0.3, -0.25) is 10.1 Å². The van der Waals surface area contributed by atoms with Gasteiger partial charge < -0.3 is 5.11 Å². The Bertz CT molecular complexity index is 338. The molecule has 4 nitrogen and oxygen atoms in total. The topological polar surface area (TPSA) is 63.4 Å². The number of halogens is 1. The predicted octanol–water partition coefficient (Wildman–Crippen LogP) is 2.52. The van der Waals surface area contributed by atoms with Crippen molar-refractivity contribution in [3.05, 3.63) is 45.0 Å². The molecule has 0 unspecified atom stereocenters. The summed E-state index contributed by atoms with van der Waals surface area (Å²) in [6.45, 7) is 1.36. The van der Waals surface area contributed by atoms with Crippen LogP contribution in [0.5, 0.6) is 0 Å². The van der Waals surface area contributed by atoms with E-state index in [1.54, 1.807) is 0 Å². The van der Waals surface area contributed by atoms with Gasteiger partial charge in [0.05, 0.1) is 15.5 Å². The number of aliphatic hydroxyl groups is 1. The fraction of sp³-hybridized carbons (Fsp3) is 0.125. The van der Waals surface area contributed by atoms with Gasteiger partial charge in [-0.15, -0.1) is 0 Å². The monoisotopic (exact) mass is 200 g/mol. The van der Waals surface area contributed by atoms with Crippen LogP contribution in [0, 0.1) is 16.2 Å². The molecule has 0 atom stereocenters. The molecule has 69 valence electrons. The number of hydrogen-bond donors (Lipinski definition) is 1. The number of nitro groups is 1. The number of hydrogen-bond acceptors (Lipinski definition) is 3. The van der Waals surface area contributed by atoms with Crippen LogP contribution in [0.15, 0.2) is 18.2 Å². The second kappa shape index (κ2) is 3.72. The van der Waals surface area contributed by atoms with Crippen molar-refractivity contribution in [3.8, 4) is 0 Å². The van der Waals surface area contributed by atoms with Crippen molar-refractivity contribution in [1.29, 1.82) is 0 Å². The minimum Gasteiger partial charge on any atom is -0.382 e. The lowest BCUT2D eigenvalue weighted by Gasteiger charge is -2.05. The summed E-state index contributed by atoms with van der Waals surface area (Å²) >= 11 is 5.68. The molecule has 0 aliphatic carbocycles. The Morgan fingerprint density at radius 2 is 2.23 bits per heavy atom. The highest BCUT2D eigenvalue weighted by atomic mass is 35.5. The molecule has 0 aliphatic heterocycles. The maximum atomic E-state index is 10.5. The Morgan fingerprint density at radius 1 is 1.62 bits per heavy atom. The van der Waals surface area contributed by atoms with Crippen molar-refractivity contribution in [2.75, 3.05) is 0 Å². The standard InChI is InChI=1S/C8H7ClNO3/c1-5(11)8-6(9)3-2-4-7(8)10(12)13/h2-4,11H,1H3. The van der Waals surface area contributed by atoms with Crippen molar-refractivity contribution in [3.63, 3.8) is 0 Å². The highest BCUT2D eigenvalue weighted by Crippen LogP contribution is 2.30. The average molecular weight is 201 g/mol. The number of aliphatic hydroxyl groups excluding tert-OH is 1. The molecule has 0 bridgehead atoms. The Kier molecular flexibility index (Phi) is 2.85. The minimum atomic E-state index is -0.582. The van der Waals surface area contributed by atoms with Crippen molar-refractivity contribution >= 4 is 17.3 Å². The molecule has 0 aliphatic rings. The molecule has 1 radical (unpaired) electrons. The summed E-state index contributed by atoms with van der Waals surface area (Å²) in [5, 5.41) is 19.8. The van der Waals surface area contributed by atoms with Gasteiger partial charge in [-0.05, 0) is 13.0 Å². The van der Waals surface area contributed by atoms with Crippen LogP contribution in [0.2, 0.25) is 5.02 Å². The van der Waals surface area contributed by atoms with Gasteiger partial charge in [0.2, 0.25) is 0 Å². The maximum Gasteiger partial charge on any atom is 0.277 e. The first-order valence-corrected chi connectivity index (χ1v) is 3.87. The summed E-state index contributed by atoms with van der Waals surface area (Å²) in [6, 6.07) is 4.25. The third kappa shape index (κ3) is 1.96. The molecule has 1 N–H and O–H groups in total. The quantitative estimate of drug-likeness (QED) is 0.589. The first-order valence-electron chi connectivity index (χ1n) is 3.50. The third-order valence-corrected chi connectivity index (χ3v) is 1.87. The van der Waals surface area contributed by atoms with Gasteiger partial charge >= 0.3 is 0 Å². The second-order valence-corrected chi connectivity index (χ2v) is 2.88. The zero-order chi connectivity index (χ0) is 10.0. The van der Waals surface area contributed by atoms with Crippen molar-refractivity contribution in [2.45, 2.75) is 6.92 Å². The van der Waals surface area contributed by atoms with Crippen LogP contribution >= 0.6 is 11.6 Å². The fourth-order valence-corrected chi connectivity index (χ4v) is 1.33. The predicted molar refractivity (Wildman–Crippen MR) is 48.1 cm³/mol. The van der Waals surface area contributed by atoms with Gasteiger partial charge in [-0.1, -0.05) is 17.7 Å². The van der Waals surface area contributed by atoms with Crippen LogP contribution < -0.4 is 0 Å². The Balaban J connectivity index is 3.34. The first kappa shape index (κ1) is 9.95. The largest absolute Gasteiger partial charge is 0.382 e. The molecule has 0 saturated heterocycles. The summed E-state index contributed by atoms with van der Waals surface area (Å²) in [5.41, 5.74) is -0.110. The molecule has 0 heterocycles. The summed E-state index contributed by atoms with van der Waals surface area (Å²) in [6.07, 6.45) is -0.155. The van der Waals surface area contributed by atoms with Gasteiger partial charge in [-0.2, -0.15) is 0 Å². The van der Waals surface area contributed by atoms with E-state index >= 15 is 0 Å². The van der Waals surface area contributed by atoms with Crippen molar-refractivity contribution < 1.29 is 10.0 Å². The number of rotatable bonds is 2. The Morgan fingerprint density at radius 3 is 2.62 bits per heavy atom. The van der Waals surface area contributed by atoms with Gasteiger partial charge in [0, 0.05) is 6.07 Å². The summed E-state index contributed by atoms with van der Waals surface area (Å²) < 4.78 is 0. The molecule has 1 aromatic rings. The van der Waals surface area contributed by atoms with E-state index in [1.807, 2.05) is 0 Å². The molecular formula is C8H7ClNO3. The van der Waals surface area contributed by atoms with E-state index in [9.17, 15) is 10.1 Å². The summed E-state index contributed by atoms with van der Waals surface area (Å²) in [5.74, 6) is 0. The highest BCUT2D eigenvalue weighted by molar-refractivity contribution is 6.31. The average Bonchev–Trinajstić information content (AvgIpc) is 2.02. The van der Waals surface area contributed by atoms with E-state index in [1.165, 1.54) is 25.1 Å². The maximum absolute atomic E-state index is 10.5. The highest BCUT2D eigenvalue weighted by Gasteiger charge is 2.20. The van der Waals surface area contributed by atoms with Gasteiger partial charge in [0.25, 0.3) is 5.69 Å². The molecule has 0 saturated carbocycles. The Hall–Kier alpha value is -1.13. The molecule has 13 heavy (non-hydrogen) atoms. The van der Waals surface area contributed by atoms with Crippen molar-refractivity contribution in [1.82, 2.24) is 0 Å². The molecular weight excluding hydrogens is 194 g/mol. The minimum absolute atomic E-state index is 0.0779. The van der Waals surface area contributed by atoms with E-state index < -0.39 is 4.92 Å². The van der Waals surface area contributed by atoms with Gasteiger partial charge in [-0.25, -0.2) is 0 Å². The van der Waals surface area contributed by atoms with Crippen LogP contribution in [0.1, 0.15) is 12.5 Å². The second-order valence-electron chi connectivity index (χ2n) is 2.48. The Labute approximate surface area is 79.9 Å².